The van der Waals surface area contributed by atoms with Crippen LogP contribution in [0.15, 0.2) is 24.3 Å². The number of fused-ring (bicyclic) bond motifs is 1. The predicted octanol–water partition coefficient (Wildman–Crippen LogP) is 2.16. The molecule has 1 atom stereocenters. The first kappa shape index (κ1) is 17.6. The lowest BCUT2D eigenvalue weighted by Crippen LogP contribution is -2.33. The van der Waals surface area contributed by atoms with Crippen molar-refractivity contribution in [1.29, 1.82) is 0 Å². The molecule has 126 valence electrons. The van der Waals surface area contributed by atoms with Gasteiger partial charge in [0.15, 0.2) is 0 Å². The van der Waals surface area contributed by atoms with Gasteiger partial charge in [0.25, 0.3) is 11.8 Å². The lowest BCUT2D eigenvalue weighted by Gasteiger charge is -2.22. The molecule has 2 rings (SSSR count). The number of amides is 2. The quantitative estimate of drug-likeness (QED) is 0.560. The fourth-order valence-electron chi connectivity index (χ4n) is 2.96. The van der Waals surface area contributed by atoms with E-state index >= 15 is 0 Å². The summed E-state index contributed by atoms with van der Waals surface area (Å²) in [5.74, 6) is -0.399. The number of rotatable bonds is 9. The molecule has 5 nitrogen and oxygen atoms in total. The van der Waals surface area contributed by atoms with Crippen molar-refractivity contribution in [2.45, 2.75) is 39.2 Å². The highest BCUT2D eigenvalue weighted by Crippen LogP contribution is 2.22. The number of hydrogen-bond acceptors (Lipinski definition) is 4. The maximum atomic E-state index is 12.2. The van der Waals surface area contributed by atoms with Crippen LogP contribution in [0.5, 0.6) is 0 Å². The molecule has 1 aromatic carbocycles. The largest absolute Gasteiger partial charge is 0.392 e. The SMILES string of the molecule is CCN(CC)CC(O)CCCCN1C(=O)c2ccccc2C1=O. The van der Waals surface area contributed by atoms with Crippen LogP contribution in [0, 0.1) is 0 Å². The first-order chi connectivity index (χ1) is 11.1. The van der Waals surface area contributed by atoms with Crippen LogP contribution in [0.4, 0.5) is 0 Å². The average Bonchev–Trinajstić information content (AvgIpc) is 2.81. The Morgan fingerprint density at radius 2 is 1.61 bits per heavy atom. The van der Waals surface area contributed by atoms with Crippen LogP contribution in [0.2, 0.25) is 0 Å². The molecule has 0 spiro atoms. The summed E-state index contributed by atoms with van der Waals surface area (Å²) in [5, 5.41) is 10.0. The van der Waals surface area contributed by atoms with Gasteiger partial charge in [-0.15, -0.1) is 0 Å². The molecular formula is C18H26N2O3. The summed E-state index contributed by atoms with van der Waals surface area (Å²) in [5.41, 5.74) is 0.998. The van der Waals surface area contributed by atoms with Crippen molar-refractivity contribution in [2.75, 3.05) is 26.2 Å². The summed E-state index contributed by atoms with van der Waals surface area (Å²) in [4.78, 5) is 27.9. The van der Waals surface area contributed by atoms with E-state index in [2.05, 4.69) is 18.7 Å². The van der Waals surface area contributed by atoms with Crippen molar-refractivity contribution in [3.8, 4) is 0 Å². The van der Waals surface area contributed by atoms with Crippen molar-refractivity contribution in [2.24, 2.45) is 0 Å². The van der Waals surface area contributed by atoms with Gasteiger partial charge in [-0.2, -0.15) is 0 Å². The van der Waals surface area contributed by atoms with E-state index in [9.17, 15) is 14.7 Å². The van der Waals surface area contributed by atoms with Crippen LogP contribution in [0.3, 0.4) is 0 Å². The third kappa shape index (κ3) is 4.18. The number of unbranched alkanes of at least 4 members (excludes halogenated alkanes) is 1. The second-order valence-corrected chi connectivity index (χ2v) is 5.94. The van der Waals surface area contributed by atoms with Crippen molar-refractivity contribution in [3.63, 3.8) is 0 Å². The van der Waals surface area contributed by atoms with E-state index < -0.39 is 0 Å². The normalized spacial score (nSPS) is 15.4. The number of carbonyl (C=O) groups is 2. The molecule has 0 radical (unpaired) electrons. The van der Waals surface area contributed by atoms with E-state index in [1.54, 1.807) is 24.3 Å². The molecule has 0 aromatic heterocycles. The first-order valence-corrected chi connectivity index (χ1v) is 8.44. The van der Waals surface area contributed by atoms with Crippen molar-refractivity contribution in [3.05, 3.63) is 35.4 Å². The third-order valence-electron chi connectivity index (χ3n) is 4.41. The fraction of sp³-hybridized carbons (Fsp3) is 0.556. The second kappa shape index (κ2) is 8.22. The van der Waals surface area contributed by atoms with Gasteiger partial charge in [0.1, 0.15) is 0 Å². The van der Waals surface area contributed by atoms with Crippen LogP contribution in [0.1, 0.15) is 53.8 Å². The van der Waals surface area contributed by atoms with Crippen LogP contribution in [-0.2, 0) is 0 Å². The van der Waals surface area contributed by atoms with E-state index in [1.807, 2.05) is 0 Å². The van der Waals surface area contributed by atoms with Crippen LogP contribution in [-0.4, -0.2) is 59.0 Å². The molecule has 1 N–H and O–H groups in total. The maximum Gasteiger partial charge on any atom is 0.261 e. The molecule has 1 aliphatic heterocycles. The van der Waals surface area contributed by atoms with Gasteiger partial charge < -0.3 is 10.0 Å². The highest BCUT2D eigenvalue weighted by atomic mass is 16.3. The molecule has 0 bridgehead atoms. The summed E-state index contributed by atoms with van der Waals surface area (Å²) in [7, 11) is 0. The molecular weight excluding hydrogens is 292 g/mol. The second-order valence-electron chi connectivity index (χ2n) is 5.94. The minimum atomic E-state index is -0.350. The fourth-order valence-corrected chi connectivity index (χ4v) is 2.96. The van der Waals surface area contributed by atoms with Crippen molar-refractivity contribution >= 4 is 11.8 Å². The summed E-state index contributed by atoms with van der Waals surface area (Å²) in [6.07, 6.45) is 1.87. The number of carbonyl (C=O) groups excluding carboxylic acids is 2. The molecule has 2 amide bonds. The molecule has 1 aliphatic rings. The molecule has 1 unspecified atom stereocenters. The lowest BCUT2D eigenvalue weighted by molar-refractivity contribution is 0.0647. The molecule has 23 heavy (non-hydrogen) atoms. The molecule has 0 fully saturated rings. The standard InChI is InChI=1S/C18H26N2O3/c1-3-19(4-2)13-14(21)9-7-8-12-20-17(22)15-10-5-6-11-16(15)18(20)23/h5-6,10-11,14,21H,3-4,7-9,12-13H2,1-2H3. The van der Waals surface area contributed by atoms with E-state index in [0.717, 1.165) is 25.9 Å². The predicted molar refractivity (Wildman–Crippen MR) is 89.5 cm³/mol. The van der Waals surface area contributed by atoms with Crippen LogP contribution in [0.25, 0.3) is 0 Å². The number of hydrogen-bond donors (Lipinski definition) is 1. The van der Waals surface area contributed by atoms with Crippen molar-refractivity contribution < 1.29 is 14.7 Å². The molecule has 1 heterocycles. The summed E-state index contributed by atoms with van der Waals surface area (Å²) >= 11 is 0. The highest BCUT2D eigenvalue weighted by Gasteiger charge is 2.34. The van der Waals surface area contributed by atoms with E-state index in [4.69, 9.17) is 0 Å². The average molecular weight is 318 g/mol. The molecule has 0 aliphatic carbocycles. The monoisotopic (exact) mass is 318 g/mol. The number of benzene rings is 1. The number of imide groups is 1. The summed E-state index contributed by atoms with van der Waals surface area (Å²) < 4.78 is 0. The Bertz CT molecular complexity index is 520. The minimum absolute atomic E-state index is 0.200. The number of likely N-dealkylation sites (N-methyl/N-ethyl adjacent to an activating group) is 1. The van der Waals surface area contributed by atoms with Gasteiger partial charge in [0, 0.05) is 13.1 Å². The van der Waals surface area contributed by atoms with Gasteiger partial charge in [-0.25, -0.2) is 0 Å². The molecule has 5 heteroatoms. The Kier molecular flexibility index (Phi) is 6.30. The van der Waals surface area contributed by atoms with Gasteiger partial charge in [-0.3, -0.25) is 14.5 Å². The minimum Gasteiger partial charge on any atom is -0.392 e. The zero-order valence-electron chi connectivity index (χ0n) is 14.0. The molecule has 0 saturated carbocycles. The maximum absolute atomic E-state index is 12.2. The zero-order chi connectivity index (χ0) is 16.8. The molecule has 1 aromatic rings. The van der Waals surface area contributed by atoms with Gasteiger partial charge >= 0.3 is 0 Å². The summed E-state index contributed by atoms with van der Waals surface area (Å²) in [6.45, 7) is 7.13. The topological polar surface area (TPSA) is 60.9 Å². The Morgan fingerprint density at radius 1 is 1.04 bits per heavy atom. The Hall–Kier alpha value is -1.72. The smallest absolute Gasteiger partial charge is 0.261 e. The first-order valence-electron chi connectivity index (χ1n) is 8.44. The van der Waals surface area contributed by atoms with E-state index in [1.165, 1.54) is 4.90 Å². The van der Waals surface area contributed by atoms with Gasteiger partial charge in [0.2, 0.25) is 0 Å². The lowest BCUT2D eigenvalue weighted by atomic mass is 10.1. The van der Waals surface area contributed by atoms with Gasteiger partial charge in [-0.05, 0) is 44.5 Å². The van der Waals surface area contributed by atoms with E-state index in [-0.39, 0.29) is 17.9 Å². The van der Waals surface area contributed by atoms with Gasteiger partial charge in [-0.1, -0.05) is 26.0 Å². The van der Waals surface area contributed by atoms with E-state index in [0.29, 0.717) is 30.6 Å². The Labute approximate surface area is 137 Å². The number of nitrogens with zero attached hydrogens (tertiary/aromatic N) is 2. The Morgan fingerprint density at radius 3 is 2.13 bits per heavy atom. The third-order valence-corrected chi connectivity index (χ3v) is 4.41. The number of aliphatic hydroxyl groups is 1. The number of aliphatic hydroxyl groups excluding tert-OH is 1. The molecule has 0 saturated heterocycles. The van der Waals surface area contributed by atoms with Crippen LogP contribution >= 0.6 is 0 Å². The van der Waals surface area contributed by atoms with Crippen molar-refractivity contribution in [1.82, 2.24) is 9.80 Å². The summed E-state index contributed by atoms with van der Waals surface area (Å²) in [6, 6.07) is 6.95. The highest BCUT2D eigenvalue weighted by molar-refractivity contribution is 6.21. The Balaban J connectivity index is 1.75. The van der Waals surface area contributed by atoms with Crippen LogP contribution < -0.4 is 0 Å². The van der Waals surface area contributed by atoms with Gasteiger partial charge in [0.05, 0.1) is 17.2 Å². The zero-order valence-corrected chi connectivity index (χ0v) is 14.0.